The molecule has 2 aromatic heterocycles. The summed E-state index contributed by atoms with van der Waals surface area (Å²) >= 11 is 4.85. The number of hydrogen-bond donors (Lipinski definition) is 1. The molecule has 0 aliphatic heterocycles. The molecule has 0 amide bonds. The number of fused-ring (bicyclic) bond motifs is 1. The fourth-order valence-corrected chi connectivity index (χ4v) is 3.37. The molecule has 0 atom stereocenters. The van der Waals surface area contributed by atoms with Gasteiger partial charge in [0.1, 0.15) is 4.83 Å². The molecule has 0 saturated heterocycles. The van der Waals surface area contributed by atoms with Gasteiger partial charge in [0, 0.05) is 10.2 Å². The minimum Gasteiger partial charge on any atom is -0.394 e. The molecule has 3 aromatic rings. The van der Waals surface area contributed by atoms with Gasteiger partial charge in [0.25, 0.3) is 0 Å². The number of aryl methyl sites for hydroxylation is 1. The summed E-state index contributed by atoms with van der Waals surface area (Å²) in [6.07, 6.45) is 0. The van der Waals surface area contributed by atoms with E-state index in [1.54, 1.807) is 6.07 Å². The maximum atomic E-state index is 12.3. The van der Waals surface area contributed by atoms with E-state index in [9.17, 15) is 4.79 Å². The Balaban J connectivity index is 2.33. The molecule has 0 bridgehead atoms. The highest BCUT2D eigenvalue weighted by Gasteiger charge is 2.12. The third-order valence-electron chi connectivity index (χ3n) is 3.04. The topological polar surface area (TPSA) is 56.0 Å². The zero-order chi connectivity index (χ0) is 14.3. The number of anilines is 1. The van der Waals surface area contributed by atoms with Crippen molar-refractivity contribution in [2.45, 2.75) is 6.92 Å². The van der Waals surface area contributed by atoms with E-state index in [0.29, 0.717) is 5.39 Å². The van der Waals surface area contributed by atoms with E-state index in [2.05, 4.69) is 20.9 Å². The van der Waals surface area contributed by atoms with E-state index >= 15 is 0 Å². The highest BCUT2D eigenvalue weighted by Crippen LogP contribution is 2.32. The lowest BCUT2D eigenvalue weighted by atomic mass is 10.1. The molecule has 2 N–H and O–H groups in total. The van der Waals surface area contributed by atoms with Gasteiger partial charge in [0.15, 0.2) is 0 Å². The Labute approximate surface area is 128 Å². The highest BCUT2D eigenvalue weighted by atomic mass is 79.9. The summed E-state index contributed by atoms with van der Waals surface area (Å²) in [5.74, 6) is 0. The van der Waals surface area contributed by atoms with Crippen LogP contribution in [-0.2, 0) is 0 Å². The maximum absolute atomic E-state index is 12.3. The Hall–Kier alpha value is -1.72. The molecule has 20 heavy (non-hydrogen) atoms. The molecule has 100 valence electrons. The molecular weight excluding hydrogens is 336 g/mol. The molecule has 0 spiro atoms. The Kier molecular flexibility index (Phi) is 3.31. The molecule has 0 aliphatic rings. The highest BCUT2D eigenvalue weighted by molar-refractivity contribution is 9.10. The van der Waals surface area contributed by atoms with Crippen LogP contribution in [0.25, 0.3) is 20.7 Å². The van der Waals surface area contributed by atoms with Crippen molar-refractivity contribution in [3.8, 4) is 10.4 Å². The van der Waals surface area contributed by atoms with Crippen molar-refractivity contribution in [1.29, 1.82) is 0 Å². The molecule has 5 heteroatoms. The molecule has 3 rings (SSSR count). The Morgan fingerprint density at radius 3 is 2.55 bits per heavy atom. The minimum absolute atomic E-state index is 0.149. The molecule has 0 fully saturated rings. The molecule has 0 unspecified atom stereocenters. The largest absolute Gasteiger partial charge is 0.394 e. The van der Waals surface area contributed by atoms with E-state index < -0.39 is 0 Å². The van der Waals surface area contributed by atoms with Crippen LogP contribution in [0.5, 0.6) is 0 Å². The lowest BCUT2D eigenvalue weighted by molar-refractivity contribution is 1.27. The van der Waals surface area contributed by atoms with Gasteiger partial charge in [0.2, 0.25) is 5.43 Å². The number of aromatic nitrogens is 1. The summed E-state index contributed by atoms with van der Waals surface area (Å²) in [7, 11) is 0. The first-order chi connectivity index (χ1) is 9.56. The normalized spacial score (nSPS) is 10.9. The predicted octanol–water partition coefficient (Wildman–Crippen LogP) is 3.98. The van der Waals surface area contributed by atoms with E-state index in [1.807, 2.05) is 37.3 Å². The summed E-state index contributed by atoms with van der Waals surface area (Å²) in [5.41, 5.74) is 7.97. The Morgan fingerprint density at radius 2 is 1.85 bits per heavy atom. The van der Waals surface area contributed by atoms with Gasteiger partial charge in [-0.15, -0.1) is 11.3 Å². The van der Waals surface area contributed by atoms with Crippen molar-refractivity contribution >= 4 is 43.2 Å². The number of nitrogens with two attached hydrogens (primary N) is 1. The second-order valence-corrected chi connectivity index (χ2v) is 6.40. The predicted molar refractivity (Wildman–Crippen MR) is 88.2 cm³/mol. The van der Waals surface area contributed by atoms with Gasteiger partial charge in [-0.3, -0.25) is 4.79 Å². The van der Waals surface area contributed by atoms with Crippen molar-refractivity contribution in [3.63, 3.8) is 0 Å². The molecular formula is C15H11BrN2OS. The SMILES string of the molecule is Cc1ccc2c(=O)c(N)c(-c3ccc(Br)cc3)sc2n1. The second kappa shape index (κ2) is 5.00. The fourth-order valence-electron chi connectivity index (χ4n) is 2.00. The molecule has 0 aliphatic carbocycles. The van der Waals surface area contributed by atoms with E-state index in [-0.39, 0.29) is 11.1 Å². The van der Waals surface area contributed by atoms with Crippen LogP contribution in [0, 0.1) is 6.92 Å². The van der Waals surface area contributed by atoms with Crippen LogP contribution in [0.2, 0.25) is 0 Å². The molecule has 0 saturated carbocycles. The number of benzene rings is 1. The molecule has 0 radical (unpaired) electrons. The van der Waals surface area contributed by atoms with Gasteiger partial charge >= 0.3 is 0 Å². The zero-order valence-corrected chi connectivity index (χ0v) is 13.1. The van der Waals surface area contributed by atoms with Crippen molar-refractivity contribution in [2.24, 2.45) is 0 Å². The third kappa shape index (κ3) is 2.23. The average molecular weight is 347 g/mol. The van der Waals surface area contributed by atoms with Crippen LogP contribution in [0.3, 0.4) is 0 Å². The number of nitrogen functional groups attached to an aromatic ring is 1. The van der Waals surface area contributed by atoms with Gasteiger partial charge in [0.05, 0.1) is 16.0 Å². The number of halogens is 1. The van der Waals surface area contributed by atoms with Crippen molar-refractivity contribution in [1.82, 2.24) is 4.98 Å². The first kappa shape index (κ1) is 13.3. The zero-order valence-electron chi connectivity index (χ0n) is 10.7. The lowest BCUT2D eigenvalue weighted by Gasteiger charge is -2.07. The van der Waals surface area contributed by atoms with Crippen LogP contribution in [0.15, 0.2) is 45.7 Å². The van der Waals surface area contributed by atoms with E-state index in [1.165, 1.54) is 11.3 Å². The van der Waals surface area contributed by atoms with E-state index in [0.717, 1.165) is 25.4 Å². The van der Waals surface area contributed by atoms with Gasteiger partial charge in [-0.25, -0.2) is 4.98 Å². The van der Waals surface area contributed by atoms with Crippen LogP contribution in [-0.4, -0.2) is 4.98 Å². The number of nitrogens with zero attached hydrogens (tertiary/aromatic N) is 1. The summed E-state index contributed by atoms with van der Waals surface area (Å²) in [5, 5.41) is 0.582. The third-order valence-corrected chi connectivity index (χ3v) is 4.73. The number of hydrogen-bond acceptors (Lipinski definition) is 4. The smallest absolute Gasteiger partial charge is 0.213 e. The molecule has 2 heterocycles. The molecule has 3 nitrogen and oxygen atoms in total. The van der Waals surface area contributed by atoms with Crippen LogP contribution in [0.4, 0.5) is 5.69 Å². The van der Waals surface area contributed by atoms with Gasteiger partial charge in [-0.2, -0.15) is 0 Å². The minimum atomic E-state index is -0.149. The first-order valence-electron chi connectivity index (χ1n) is 6.02. The first-order valence-corrected chi connectivity index (χ1v) is 7.63. The fraction of sp³-hybridized carbons (Fsp3) is 0.0667. The Morgan fingerprint density at radius 1 is 1.15 bits per heavy atom. The monoisotopic (exact) mass is 346 g/mol. The van der Waals surface area contributed by atoms with E-state index in [4.69, 9.17) is 5.73 Å². The average Bonchev–Trinajstić information content (AvgIpc) is 2.44. The van der Waals surface area contributed by atoms with Gasteiger partial charge < -0.3 is 5.73 Å². The van der Waals surface area contributed by atoms with Crippen molar-refractivity contribution in [2.75, 3.05) is 5.73 Å². The standard InChI is InChI=1S/C15H11BrN2OS/c1-8-2-7-11-13(19)12(17)14(20-15(11)18-8)9-3-5-10(16)6-4-9/h2-7H,17H2,1H3. The lowest BCUT2D eigenvalue weighted by Crippen LogP contribution is -2.09. The summed E-state index contributed by atoms with van der Waals surface area (Å²) < 4.78 is 0.988. The second-order valence-electron chi connectivity index (χ2n) is 4.49. The van der Waals surface area contributed by atoms with Gasteiger partial charge in [-0.05, 0) is 36.8 Å². The Bertz CT molecular complexity index is 856. The number of rotatable bonds is 1. The van der Waals surface area contributed by atoms with Crippen LogP contribution < -0.4 is 11.2 Å². The summed E-state index contributed by atoms with van der Waals surface area (Å²) in [6, 6.07) is 11.4. The molecule has 1 aromatic carbocycles. The van der Waals surface area contributed by atoms with Crippen molar-refractivity contribution in [3.05, 3.63) is 56.8 Å². The van der Waals surface area contributed by atoms with Crippen LogP contribution >= 0.6 is 27.3 Å². The summed E-state index contributed by atoms with van der Waals surface area (Å²) in [4.78, 5) is 18.3. The van der Waals surface area contributed by atoms with Gasteiger partial charge in [-0.1, -0.05) is 28.1 Å². The summed E-state index contributed by atoms with van der Waals surface area (Å²) in [6.45, 7) is 1.91. The number of pyridine rings is 1. The quantitative estimate of drug-likeness (QED) is 0.725. The maximum Gasteiger partial charge on any atom is 0.213 e. The van der Waals surface area contributed by atoms with Crippen LogP contribution in [0.1, 0.15) is 5.69 Å². The van der Waals surface area contributed by atoms with Crippen molar-refractivity contribution < 1.29 is 0 Å².